The third-order valence-electron chi connectivity index (χ3n) is 3.63. The van der Waals surface area contributed by atoms with Crippen LogP contribution in [0.2, 0.25) is 0 Å². The molecule has 110 valence electrons. The highest BCUT2D eigenvalue weighted by Crippen LogP contribution is 2.43. The van der Waals surface area contributed by atoms with Crippen molar-refractivity contribution in [1.29, 1.82) is 0 Å². The van der Waals surface area contributed by atoms with E-state index in [0.717, 1.165) is 18.4 Å². The first-order valence-electron chi connectivity index (χ1n) is 6.71. The minimum Gasteiger partial charge on any atom is -0.373 e. The zero-order valence-electron chi connectivity index (χ0n) is 11.0. The molecule has 5 heteroatoms. The predicted molar refractivity (Wildman–Crippen MR) is 79.5 cm³/mol. The van der Waals surface area contributed by atoms with Gasteiger partial charge >= 0.3 is 0 Å². The summed E-state index contributed by atoms with van der Waals surface area (Å²) in [6.45, 7) is 0. The van der Waals surface area contributed by atoms with Gasteiger partial charge in [-0.2, -0.15) is 0 Å². The van der Waals surface area contributed by atoms with Crippen LogP contribution in [0.5, 0.6) is 0 Å². The number of hydrogen-bond donors (Lipinski definition) is 1. The predicted octanol–water partition coefficient (Wildman–Crippen LogP) is 5.43. The van der Waals surface area contributed by atoms with E-state index in [-0.39, 0.29) is 17.5 Å². The Kier molecular flexibility index (Phi) is 3.93. The van der Waals surface area contributed by atoms with Gasteiger partial charge in [0.2, 0.25) is 0 Å². The van der Waals surface area contributed by atoms with E-state index >= 15 is 0 Å². The largest absolute Gasteiger partial charge is 0.373 e. The molecule has 0 saturated heterocycles. The number of benzene rings is 2. The molecule has 0 bridgehead atoms. The fourth-order valence-electron chi connectivity index (χ4n) is 2.41. The number of rotatable bonds is 4. The molecule has 3 rings (SSSR count). The summed E-state index contributed by atoms with van der Waals surface area (Å²) in [5.41, 5.74) is 0.694. The van der Waals surface area contributed by atoms with Crippen LogP contribution in [0.15, 0.2) is 40.9 Å². The second-order valence-electron chi connectivity index (χ2n) is 5.26. The van der Waals surface area contributed by atoms with Crippen molar-refractivity contribution in [2.45, 2.75) is 18.9 Å². The maximum Gasteiger partial charge on any atom is 0.150 e. The lowest BCUT2D eigenvalue weighted by atomic mass is 10.0. The van der Waals surface area contributed by atoms with Gasteiger partial charge in [-0.15, -0.1) is 0 Å². The van der Waals surface area contributed by atoms with Gasteiger partial charge in [0.15, 0.2) is 0 Å². The summed E-state index contributed by atoms with van der Waals surface area (Å²) in [5.74, 6) is -1.29. The van der Waals surface area contributed by atoms with E-state index in [2.05, 4.69) is 21.2 Å². The second-order valence-corrected chi connectivity index (χ2v) is 6.17. The lowest BCUT2D eigenvalue weighted by molar-refractivity contribution is 0.573. The van der Waals surface area contributed by atoms with Crippen LogP contribution in [-0.2, 0) is 0 Å². The monoisotopic (exact) mass is 355 g/mol. The fourth-order valence-corrected chi connectivity index (χ4v) is 2.81. The highest BCUT2D eigenvalue weighted by Gasteiger charge is 2.33. The molecule has 21 heavy (non-hydrogen) atoms. The number of nitrogens with one attached hydrogen (secondary N) is 1. The fraction of sp³-hybridized carbons (Fsp3) is 0.250. The van der Waals surface area contributed by atoms with Crippen LogP contribution in [0.25, 0.3) is 0 Å². The van der Waals surface area contributed by atoms with Gasteiger partial charge in [-0.1, -0.05) is 28.1 Å². The van der Waals surface area contributed by atoms with E-state index in [1.807, 2.05) is 0 Å². The maximum absolute atomic E-state index is 13.9. The van der Waals surface area contributed by atoms with Gasteiger partial charge in [0, 0.05) is 4.47 Å². The summed E-state index contributed by atoms with van der Waals surface area (Å²) in [5, 5.41) is 2.95. The van der Waals surface area contributed by atoms with Crippen molar-refractivity contribution in [3.8, 4) is 0 Å². The van der Waals surface area contributed by atoms with Gasteiger partial charge in [-0.05, 0) is 48.6 Å². The molecule has 1 saturated carbocycles. The lowest BCUT2D eigenvalue weighted by Gasteiger charge is -2.21. The molecule has 1 aliphatic carbocycles. The smallest absolute Gasteiger partial charge is 0.150 e. The average Bonchev–Trinajstić information content (AvgIpc) is 3.24. The van der Waals surface area contributed by atoms with Crippen molar-refractivity contribution in [2.24, 2.45) is 5.92 Å². The van der Waals surface area contributed by atoms with Crippen molar-refractivity contribution in [3.05, 3.63) is 63.9 Å². The van der Waals surface area contributed by atoms with Crippen LogP contribution in [-0.4, -0.2) is 0 Å². The van der Waals surface area contributed by atoms with Gasteiger partial charge in [0.1, 0.15) is 23.1 Å². The molecule has 1 atom stereocenters. The zero-order chi connectivity index (χ0) is 15.0. The molecule has 0 spiro atoms. The van der Waals surface area contributed by atoms with E-state index in [0.29, 0.717) is 10.4 Å². The van der Waals surface area contributed by atoms with Crippen molar-refractivity contribution < 1.29 is 13.2 Å². The first-order valence-corrected chi connectivity index (χ1v) is 7.50. The molecule has 1 nitrogen and oxygen atoms in total. The van der Waals surface area contributed by atoms with E-state index in [9.17, 15) is 13.2 Å². The van der Waals surface area contributed by atoms with E-state index < -0.39 is 11.6 Å². The Morgan fingerprint density at radius 2 is 1.57 bits per heavy atom. The van der Waals surface area contributed by atoms with E-state index in [1.165, 1.54) is 24.3 Å². The summed E-state index contributed by atoms with van der Waals surface area (Å²) < 4.78 is 41.3. The Hall–Kier alpha value is -1.49. The van der Waals surface area contributed by atoms with Crippen molar-refractivity contribution in [2.75, 3.05) is 5.32 Å². The van der Waals surface area contributed by atoms with Crippen LogP contribution < -0.4 is 5.32 Å². The number of hydrogen-bond acceptors (Lipinski definition) is 1. The molecule has 1 fully saturated rings. The van der Waals surface area contributed by atoms with Crippen LogP contribution >= 0.6 is 15.9 Å². The van der Waals surface area contributed by atoms with Crippen molar-refractivity contribution >= 4 is 21.6 Å². The van der Waals surface area contributed by atoms with Gasteiger partial charge in [-0.3, -0.25) is 0 Å². The number of anilines is 1. The van der Waals surface area contributed by atoms with Crippen molar-refractivity contribution in [3.63, 3.8) is 0 Å². The average molecular weight is 356 g/mol. The first kappa shape index (κ1) is 14.4. The Bertz CT molecular complexity index is 630. The normalized spacial score (nSPS) is 15.8. The molecule has 1 aliphatic rings. The first-order chi connectivity index (χ1) is 10.0. The summed E-state index contributed by atoms with van der Waals surface area (Å²) >= 11 is 3.06. The van der Waals surface area contributed by atoms with Gasteiger partial charge in [-0.25, -0.2) is 13.2 Å². The maximum atomic E-state index is 13.9. The molecule has 0 radical (unpaired) electrons. The molecule has 0 heterocycles. The molecule has 0 amide bonds. The van der Waals surface area contributed by atoms with Crippen molar-refractivity contribution in [1.82, 2.24) is 0 Å². The summed E-state index contributed by atoms with van der Waals surface area (Å²) in [6.07, 6.45) is 1.99. The van der Waals surface area contributed by atoms with Gasteiger partial charge < -0.3 is 5.32 Å². The van der Waals surface area contributed by atoms with Crippen LogP contribution in [0.3, 0.4) is 0 Å². The number of halogens is 4. The highest BCUT2D eigenvalue weighted by atomic mass is 79.9. The molecule has 2 aromatic rings. The molecule has 1 N–H and O–H groups in total. The van der Waals surface area contributed by atoms with E-state index in [1.54, 1.807) is 12.1 Å². The molecule has 0 aromatic heterocycles. The molecule has 2 aromatic carbocycles. The quantitative estimate of drug-likeness (QED) is 0.770. The zero-order valence-corrected chi connectivity index (χ0v) is 12.6. The summed E-state index contributed by atoms with van der Waals surface area (Å²) in [4.78, 5) is 0. The van der Waals surface area contributed by atoms with Crippen LogP contribution in [0.1, 0.15) is 24.4 Å². The Morgan fingerprint density at radius 3 is 2.10 bits per heavy atom. The van der Waals surface area contributed by atoms with Gasteiger partial charge in [0.05, 0.1) is 6.04 Å². The topological polar surface area (TPSA) is 12.0 Å². The lowest BCUT2D eigenvalue weighted by Crippen LogP contribution is -2.15. The minimum atomic E-state index is -0.644. The molecule has 1 unspecified atom stereocenters. The second kappa shape index (κ2) is 5.72. The Labute approximate surface area is 129 Å². The standard InChI is InChI=1S/C16H13BrF3N/c17-11-7-13(19)16(14(20)8-11)21-15(9-1-2-9)10-3-5-12(18)6-4-10/h3-9,15,21H,1-2H2. The highest BCUT2D eigenvalue weighted by molar-refractivity contribution is 9.10. The Morgan fingerprint density at radius 1 is 1.00 bits per heavy atom. The van der Waals surface area contributed by atoms with E-state index in [4.69, 9.17) is 0 Å². The summed E-state index contributed by atoms with van der Waals surface area (Å²) in [7, 11) is 0. The van der Waals surface area contributed by atoms with Gasteiger partial charge in [0.25, 0.3) is 0 Å². The third kappa shape index (κ3) is 3.23. The molecule has 0 aliphatic heterocycles. The third-order valence-corrected chi connectivity index (χ3v) is 4.09. The summed E-state index contributed by atoms with van der Waals surface area (Å²) in [6, 6.07) is 8.26. The minimum absolute atomic E-state index is 0.139. The molecular formula is C16H13BrF3N. The SMILES string of the molecule is Fc1ccc(C(Nc2c(F)cc(Br)cc2F)C2CC2)cc1. The van der Waals surface area contributed by atoms with Crippen LogP contribution in [0, 0.1) is 23.4 Å². The Balaban J connectivity index is 1.91. The molecular weight excluding hydrogens is 343 g/mol. The van der Waals surface area contributed by atoms with Crippen LogP contribution in [0.4, 0.5) is 18.9 Å².